The summed E-state index contributed by atoms with van der Waals surface area (Å²) in [5.74, 6) is 1.41. The van der Waals surface area contributed by atoms with Crippen LogP contribution < -0.4 is 10.1 Å². The van der Waals surface area contributed by atoms with Crippen LogP contribution in [0, 0.1) is 5.92 Å². The van der Waals surface area contributed by atoms with Crippen LogP contribution in [0.3, 0.4) is 0 Å². The van der Waals surface area contributed by atoms with Crippen LogP contribution in [-0.2, 0) is 4.74 Å². The Bertz CT molecular complexity index is 529. The number of methoxy groups -OCH3 is 1. The summed E-state index contributed by atoms with van der Waals surface area (Å²) in [6.45, 7) is 9.43. The number of anilines is 1. The molecule has 1 amide bonds. The zero-order chi connectivity index (χ0) is 17.7. The highest BCUT2D eigenvalue weighted by atomic mass is 16.6. The highest BCUT2D eigenvalue weighted by Crippen LogP contribution is 2.25. The lowest BCUT2D eigenvalue weighted by Crippen LogP contribution is -2.44. The molecule has 0 bridgehead atoms. The van der Waals surface area contributed by atoms with Crippen LogP contribution >= 0.6 is 0 Å². The number of amides is 1. The zero-order valence-electron chi connectivity index (χ0n) is 15.5. The molecule has 5 nitrogen and oxygen atoms in total. The molecular formula is C19H30N2O3. The molecule has 0 aliphatic carbocycles. The Morgan fingerprint density at radius 1 is 1.21 bits per heavy atom. The fourth-order valence-corrected chi connectivity index (χ4v) is 2.98. The van der Waals surface area contributed by atoms with E-state index in [4.69, 9.17) is 9.47 Å². The van der Waals surface area contributed by atoms with Crippen molar-refractivity contribution in [2.24, 2.45) is 5.92 Å². The van der Waals surface area contributed by atoms with E-state index >= 15 is 0 Å². The van der Waals surface area contributed by atoms with Gasteiger partial charge in [0.25, 0.3) is 0 Å². The molecule has 24 heavy (non-hydrogen) atoms. The lowest BCUT2D eigenvalue weighted by Gasteiger charge is -2.36. The van der Waals surface area contributed by atoms with Crippen LogP contribution in [0.4, 0.5) is 10.5 Å². The number of carbonyl (C=O) groups is 1. The van der Waals surface area contributed by atoms with E-state index in [1.807, 2.05) is 49.9 Å². The maximum atomic E-state index is 12.1. The fourth-order valence-electron chi connectivity index (χ4n) is 2.98. The number of likely N-dealkylation sites (tertiary alicyclic amines) is 1. The molecule has 0 saturated carbocycles. The summed E-state index contributed by atoms with van der Waals surface area (Å²) in [5, 5.41) is 3.55. The minimum absolute atomic E-state index is 0.197. The first-order chi connectivity index (χ1) is 11.3. The number of nitrogens with zero attached hydrogens (tertiary/aromatic N) is 1. The molecule has 134 valence electrons. The molecule has 5 heteroatoms. The highest BCUT2D eigenvalue weighted by molar-refractivity contribution is 5.68. The molecule has 0 spiro atoms. The largest absolute Gasteiger partial charge is 0.497 e. The van der Waals surface area contributed by atoms with Crippen molar-refractivity contribution in [3.05, 3.63) is 24.3 Å². The maximum Gasteiger partial charge on any atom is 0.410 e. The summed E-state index contributed by atoms with van der Waals surface area (Å²) < 4.78 is 10.6. The first kappa shape index (κ1) is 18.4. The van der Waals surface area contributed by atoms with E-state index in [-0.39, 0.29) is 6.09 Å². The molecule has 1 saturated heterocycles. The van der Waals surface area contributed by atoms with Gasteiger partial charge in [0.15, 0.2) is 0 Å². The van der Waals surface area contributed by atoms with Crippen molar-refractivity contribution in [3.8, 4) is 5.75 Å². The van der Waals surface area contributed by atoms with E-state index in [0.717, 1.165) is 37.4 Å². The van der Waals surface area contributed by atoms with E-state index in [9.17, 15) is 4.79 Å². The first-order valence-corrected chi connectivity index (χ1v) is 8.67. The Morgan fingerprint density at radius 3 is 2.29 bits per heavy atom. The summed E-state index contributed by atoms with van der Waals surface area (Å²) in [7, 11) is 1.67. The standard InChI is InChI=1S/C19H30N2O3/c1-14(20-16-6-8-17(23-5)9-7-16)15-10-12-21(13-11-15)18(22)24-19(2,3)4/h6-9,14-15,20H,10-13H2,1-5H3. The van der Waals surface area contributed by atoms with E-state index in [2.05, 4.69) is 12.2 Å². The van der Waals surface area contributed by atoms with Gasteiger partial charge in [-0.05, 0) is 70.7 Å². The molecule has 1 fully saturated rings. The molecule has 2 rings (SSSR count). The number of nitrogens with one attached hydrogen (secondary N) is 1. The van der Waals surface area contributed by atoms with E-state index in [1.165, 1.54) is 0 Å². The zero-order valence-corrected chi connectivity index (χ0v) is 15.5. The highest BCUT2D eigenvalue weighted by Gasteiger charge is 2.29. The second kappa shape index (κ2) is 7.77. The van der Waals surface area contributed by atoms with Gasteiger partial charge in [-0.2, -0.15) is 0 Å². The average molecular weight is 334 g/mol. The number of hydrogen-bond donors (Lipinski definition) is 1. The van der Waals surface area contributed by atoms with Crippen molar-refractivity contribution >= 4 is 11.8 Å². The number of ether oxygens (including phenoxy) is 2. The van der Waals surface area contributed by atoms with Gasteiger partial charge in [-0.15, -0.1) is 0 Å². The molecule has 1 unspecified atom stereocenters. The summed E-state index contributed by atoms with van der Waals surface area (Å²) in [4.78, 5) is 13.9. The van der Waals surface area contributed by atoms with Gasteiger partial charge >= 0.3 is 6.09 Å². The number of benzene rings is 1. The fraction of sp³-hybridized carbons (Fsp3) is 0.632. The van der Waals surface area contributed by atoms with Crippen LogP contribution in [0.15, 0.2) is 24.3 Å². The van der Waals surface area contributed by atoms with Gasteiger partial charge in [0.1, 0.15) is 11.4 Å². The second-order valence-electron chi connectivity index (χ2n) is 7.47. The first-order valence-electron chi connectivity index (χ1n) is 8.67. The second-order valence-corrected chi connectivity index (χ2v) is 7.47. The molecule has 1 heterocycles. The summed E-state index contributed by atoms with van der Waals surface area (Å²) in [5.41, 5.74) is 0.662. The molecule has 1 N–H and O–H groups in total. The summed E-state index contributed by atoms with van der Waals surface area (Å²) >= 11 is 0. The van der Waals surface area contributed by atoms with Crippen molar-refractivity contribution in [1.29, 1.82) is 0 Å². The monoisotopic (exact) mass is 334 g/mol. The molecule has 1 aromatic rings. The Hall–Kier alpha value is -1.91. The SMILES string of the molecule is COc1ccc(NC(C)C2CCN(C(=O)OC(C)(C)C)CC2)cc1. The number of rotatable bonds is 4. The maximum absolute atomic E-state index is 12.1. The van der Waals surface area contributed by atoms with Gasteiger partial charge < -0.3 is 19.7 Å². The van der Waals surface area contributed by atoms with Crippen molar-refractivity contribution in [2.75, 3.05) is 25.5 Å². The minimum atomic E-state index is -0.433. The van der Waals surface area contributed by atoms with Crippen molar-refractivity contribution in [3.63, 3.8) is 0 Å². The molecule has 1 atom stereocenters. The average Bonchev–Trinajstić information content (AvgIpc) is 2.54. The van der Waals surface area contributed by atoms with Crippen LogP contribution in [0.1, 0.15) is 40.5 Å². The summed E-state index contributed by atoms with van der Waals surface area (Å²) in [6, 6.07) is 8.34. The normalized spacial score (nSPS) is 17.3. The Kier molecular flexibility index (Phi) is 5.97. The van der Waals surface area contributed by atoms with Crippen LogP contribution in [0.2, 0.25) is 0 Å². The lowest BCUT2D eigenvalue weighted by atomic mass is 9.90. The number of piperidine rings is 1. The van der Waals surface area contributed by atoms with Crippen molar-refractivity contribution < 1.29 is 14.3 Å². The van der Waals surface area contributed by atoms with Gasteiger partial charge in [0.2, 0.25) is 0 Å². The summed E-state index contributed by atoms with van der Waals surface area (Å²) in [6.07, 6.45) is 1.78. The Balaban J connectivity index is 1.81. The van der Waals surface area contributed by atoms with E-state index < -0.39 is 5.60 Å². The van der Waals surface area contributed by atoms with Gasteiger partial charge in [0.05, 0.1) is 7.11 Å². The topological polar surface area (TPSA) is 50.8 Å². The van der Waals surface area contributed by atoms with E-state index in [0.29, 0.717) is 12.0 Å². The third-order valence-electron chi connectivity index (χ3n) is 4.38. The lowest BCUT2D eigenvalue weighted by molar-refractivity contribution is 0.0179. The third kappa shape index (κ3) is 5.32. The van der Waals surface area contributed by atoms with Crippen LogP contribution in [0.25, 0.3) is 0 Å². The Labute approximate surface area is 145 Å². The van der Waals surface area contributed by atoms with Gasteiger partial charge in [-0.25, -0.2) is 4.79 Å². The van der Waals surface area contributed by atoms with Crippen molar-refractivity contribution in [2.45, 2.75) is 52.2 Å². The quantitative estimate of drug-likeness (QED) is 0.899. The van der Waals surface area contributed by atoms with Crippen LogP contribution in [0.5, 0.6) is 5.75 Å². The van der Waals surface area contributed by atoms with E-state index in [1.54, 1.807) is 7.11 Å². The molecule has 1 aliphatic heterocycles. The van der Waals surface area contributed by atoms with Crippen LogP contribution in [-0.4, -0.2) is 42.8 Å². The molecule has 0 aromatic heterocycles. The predicted octanol–water partition coefficient (Wildman–Crippen LogP) is 4.14. The van der Waals surface area contributed by atoms with Gasteiger partial charge in [-0.3, -0.25) is 0 Å². The minimum Gasteiger partial charge on any atom is -0.497 e. The molecule has 0 radical (unpaired) electrons. The number of carbonyl (C=O) groups excluding carboxylic acids is 1. The molecule has 1 aliphatic rings. The smallest absolute Gasteiger partial charge is 0.410 e. The number of hydrogen-bond acceptors (Lipinski definition) is 4. The predicted molar refractivity (Wildman–Crippen MR) is 96.6 cm³/mol. The third-order valence-corrected chi connectivity index (χ3v) is 4.38. The van der Waals surface area contributed by atoms with Gasteiger partial charge in [-0.1, -0.05) is 0 Å². The molecular weight excluding hydrogens is 304 g/mol. The van der Waals surface area contributed by atoms with Crippen molar-refractivity contribution in [1.82, 2.24) is 4.90 Å². The van der Waals surface area contributed by atoms with Gasteiger partial charge in [0, 0.05) is 24.8 Å². The Morgan fingerprint density at radius 2 is 1.79 bits per heavy atom. The molecule has 1 aromatic carbocycles.